The third-order valence-electron chi connectivity index (χ3n) is 3.73. The van der Waals surface area contributed by atoms with Crippen molar-refractivity contribution in [1.82, 2.24) is 0 Å². The van der Waals surface area contributed by atoms with E-state index in [9.17, 15) is 4.79 Å². The summed E-state index contributed by atoms with van der Waals surface area (Å²) in [5.41, 5.74) is 1.65. The fourth-order valence-corrected chi connectivity index (χ4v) is 2.50. The molecule has 0 aromatic heterocycles. The Kier molecular flexibility index (Phi) is 5.22. The van der Waals surface area contributed by atoms with Crippen LogP contribution in [0.1, 0.15) is 18.1 Å². The van der Waals surface area contributed by atoms with Crippen LogP contribution < -0.4 is 14.2 Å². The first kappa shape index (κ1) is 17.5. The molecule has 3 rings (SSSR count). The molecular weight excluding hydrogens is 334 g/mol. The van der Waals surface area contributed by atoms with Crippen LogP contribution >= 0.6 is 0 Å². The van der Waals surface area contributed by atoms with Crippen LogP contribution in [0.15, 0.2) is 53.2 Å². The number of methoxy groups -OCH3 is 2. The minimum Gasteiger partial charge on any atom is -0.497 e. The minimum atomic E-state index is -0.503. The highest BCUT2D eigenvalue weighted by molar-refractivity contribution is 6.13. The minimum absolute atomic E-state index is 0.218. The molecule has 0 atom stereocenters. The molecule has 2 aromatic carbocycles. The van der Waals surface area contributed by atoms with Gasteiger partial charge in [0, 0.05) is 5.56 Å². The molecule has 1 heterocycles. The number of esters is 1. The second-order valence-corrected chi connectivity index (χ2v) is 5.41. The molecule has 0 amide bonds. The number of ether oxygens (including phenoxy) is 4. The molecule has 0 aliphatic carbocycles. The second-order valence-electron chi connectivity index (χ2n) is 5.41. The molecule has 0 saturated carbocycles. The Morgan fingerprint density at radius 2 is 1.92 bits per heavy atom. The summed E-state index contributed by atoms with van der Waals surface area (Å²) in [6.45, 7) is 2.40. The number of nitrogens with zero attached hydrogens (tertiary/aromatic N) is 1. The Balaban J connectivity index is 1.92. The molecule has 134 valence electrons. The summed E-state index contributed by atoms with van der Waals surface area (Å²) in [5, 5.41) is 0. The van der Waals surface area contributed by atoms with Crippen LogP contribution in [0.3, 0.4) is 0 Å². The predicted molar refractivity (Wildman–Crippen MR) is 97.8 cm³/mol. The Hall–Kier alpha value is -3.28. The van der Waals surface area contributed by atoms with Crippen molar-refractivity contribution in [2.75, 3.05) is 20.8 Å². The van der Waals surface area contributed by atoms with Crippen molar-refractivity contribution in [3.05, 3.63) is 59.3 Å². The van der Waals surface area contributed by atoms with Gasteiger partial charge in [0.2, 0.25) is 5.90 Å². The van der Waals surface area contributed by atoms with Gasteiger partial charge in [0.1, 0.15) is 5.75 Å². The number of cyclic esters (lactones) is 1. The second kappa shape index (κ2) is 7.74. The lowest BCUT2D eigenvalue weighted by Gasteiger charge is -2.09. The summed E-state index contributed by atoms with van der Waals surface area (Å²) in [6.07, 6.45) is 1.65. The molecule has 0 unspecified atom stereocenters. The topological polar surface area (TPSA) is 66.3 Å². The highest BCUT2D eigenvalue weighted by atomic mass is 16.6. The van der Waals surface area contributed by atoms with Gasteiger partial charge >= 0.3 is 5.97 Å². The standard InChI is InChI=1S/C20H19NO5/c1-4-25-18-11-13(8-9-17(18)24-3)10-16-20(22)26-19(21-16)14-6-5-7-15(12-14)23-2/h5-12H,4H2,1-3H3/b16-10+. The van der Waals surface area contributed by atoms with E-state index >= 15 is 0 Å². The van der Waals surface area contributed by atoms with E-state index in [4.69, 9.17) is 18.9 Å². The summed E-state index contributed by atoms with van der Waals surface area (Å²) in [4.78, 5) is 16.5. The molecular formula is C20H19NO5. The number of aliphatic imine (C=N–C) groups is 1. The fraction of sp³-hybridized carbons (Fsp3) is 0.200. The van der Waals surface area contributed by atoms with E-state index in [1.54, 1.807) is 44.6 Å². The quantitative estimate of drug-likeness (QED) is 0.588. The lowest BCUT2D eigenvalue weighted by molar-refractivity contribution is -0.129. The lowest BCUT2D eigenvalue weighted by atomic mass is 10.1. The largest absolute Gasteiger partial charge is 0.497 e. The van der Waals surface area contributed by atoms with Gasteiger partial charge in [0.15, 0.2) is 17.2 Å². The summed E-state index contributed by atoms with van der Waals surface area (Å²) < 4.78 is 21.3. The summed E-state index contributed by atoms with van der Waals surface area (Å²) >= 11 is 0. The Labute approximate surface area is 151 Å². The monoisotopic (exact) mass is 353 g/mol. The van der Waals surface area contributed by atoms with E-state index in [0.717, 1.165) is 5.56 Å². The molecule has 2 aromatic rings. The number of hydrogen-bond donors (Lipinski definition) is 0. The summed E-state index contributed by atoms with van der Waals surface area (Å²) in [5.74, 6) is 1.64. The van der Waals surface area contributed by atoms with Crippen LogP contribution in [0.2, 0.25) is 0 Å². The molecule has 1 aliphatic heterocycles. The smallest absolute Gasteiger partial charge is 0.363 e. The molecule has 0 spiro atoms. The number of carbonyl (C=O) groups excluding carboxylic acids is 1. The van der Waals surface area contributed by atoms with Crippen molar-refractivity contribution < 1.29 is 23.7 Å². The van der Waals surface area contributed by atoms with Crippen LogP contribution in [0, 0.1) is 0 Å². The Bertz CT molecular complexity index is 886. The van der Waals surface area contributed by atoms with Crippen molar-refractivity contribution >= 4 is 17.9 Å². The molecule has 0 saturated heterocycles. The highest BCUT2D eigenvalue weighted by Crippen LogP contribution is 2.30. The first-order valence-corrected chi connectivity index (χ1v) is 8.12. The van der Waals surface area contributed by atoms with Crippen LogP contribution in [-0.2, 0) is 9.53 Å². The van der Waals surface area contributed by atoms with E-state index in [2.05, 4.69) is 4.99 Å². The van der Waals surface area contributed by atoms with E-state index in [-0.39, 0.29) is 11.6 Å². The average molecular weight is 353 g/mol. The van der Waals surface area contributed by atoms with Crippen LogP contribution in [0.4, 0.5) is 0 Å². The predicted octanol–water partition coefficient (Wildman–Crippen LogP) is 3.45. The number of rotatable bonds is 6. The van der Waals surface area contributed by atoms with Crippen molar-refractivity contribution in [2.45, 2.75) is 6.92 Å². The van der Waals surface area contributed by atoms with Gasteiger partial charge < -0.3 is 18.9 Å². The zero-order valence-electron chi connectivity index (χ0n) is 14.8. The third kappa shape index (κ3) is 3.69. The summed E-state index contributed by atoms with van der Waals surface area (Å²) in [6, 6.07) is 12.6. The molecule has 0 N–H and O–H groups in total. The van der Waals surface area contributed by atoms with Crippen molar-refractivity contribution in [3.8, 4) is 17.2 Å². The lowest BCUT2D eigenvalue weighted by Crippen LogP contribution is -2.05. The number of benzene rings is 2. The normalized spacial score (nSPS) is 14.8. The fourth-order valence-electron chi connectivity index (χ4n) is 2.50. The highest BCUT2D eigenvalue weighted by Gasteiger charge is 2.24. The van der Waals surface area contributed by atoms with E-state index in [1.807, 2.05) is 25.1 Å². The van der Waals surface area contributed by atoms with Gasteiger partial charge in [-0.3, -0.25) is 0 Å². The maximum atomic E-state index is 12.2. The van der Waals surface area contributed by atoms with Crippen LogP contribution in [-0.4, -0.2) is 32.7 Å². The number of hydrogen-bond acceptors (Lipinski definition) is 6. The maximum Gasteiger partial charge on any atom is 0.363 e. The van der Waals surface area contributed by atoms with Crippen molar-refractivity contribution in [2.24, 2.45) is 4.99 Å². The van der Waals surface area contributed by atoms with Gasteiger partial charge in [-0.05, 0) is 48.9 Å². The molecule has 0 radical (unpaired) electrons. The number of carbonyl (C=O) groups is 1. The summed E-state index contributed by atoms with van der Waals surface area (Å²) in [7, 11) is 3.15. The molecule has 26 heavy (non-hydrogen) atoms. The van der Waals surface area contributed by atoms with Gasteiger partial charge in [-0.15, -0.1) is 0 Å². The molecule has 1 aliphatic rings. The van der Waals surface area contributed by atoms with E-state index in [0.29, 0.717) is 29.4 Å². The maximum absolute atomic E-state index is 12.2. The average Bonchev–Trinajstić information content (AvgIpc) is 3.03. The third-order valence-corrected chi connectivity index (χ3v) is 3.73. The molecule has 6 nitrogen and oxygen atoms in total. The van der Waals surface area contributed by atoms with Gasteiger partial charge in [-0.2, -0.15) is 0 Å². The molecule has 6 heteroatoms. The SMILES string of the molecule is CCOc1cc(/C=C2/N=C(c3cccc(OC)c3)OC2=O)ccc1OC. The van der Waals surface area contributed by atoms with Gasteiger partial charge in [0.25, 0.3) is 0 Å². The van der Waals surface area contributed by atoms with Crippen LogP contribution in [0.25, 0.3) is 6.08 Å². The first-order chi connectivity index (χ1) is 12.6. The Morgan fingerprint density at radius 1 is 1.08 bits per heavy atom. The van der Waals surface area contributed by atoms with Crippen LogP contribution in [0.5, 0.6) is 17.2 Å². The van der Waals surface area contributed by atoms with Gasteiger partial charge in [-0.25, -0.2) is 9.79 Å². The van der Waals surface area contributed by atoms with E-state index in [1.165, 1.54) is 0 Å². The van der Waals surface area contributed by atoms with Crippen molar-refractivity contribution in [3.63, 3.8) is 0 Å². The van der Waals surface area contributed by atoms with Gasteiger partial charge in [-0.1, -0.05) is 12.1 Å². The first-order valence-electron chi connectivity index (χ1n) is 8.12. The van der Waals surface area contributed by atoms with Crippen molar-refractivity contribution in [1.29, 1.82) is 0 Å². The molecule has 0 bridgehead atoms. The Morgan fingerprint density at radius 3 is 2.65 bits per heavy atom. The van der Waals surface area contributed by atoms with E-state index < -0.39 is 5.97 Å². The van der Waals surface area contributed by atoms with Gasteiger partial charge in [0.05, 0.1) is 20.8 Å². The zero-order chi connectivity index (χ0) is 18.5. The molecule has 0 fully saturated rings. The zero-order valence-corrected chi connectivity index (χ0v) is 14.8.